The molecular weight excluding hydrogens is 622 g/mol. The van der Waals surface area contributed by atoms with Gasteiger partial charge in [-0.05, 0) is 54.4 Å². The lowest BCUT2D eigenvalue weighted by atomic mass is 9.85. The van der Waals surface area contributed by atoms with Gasteiger partial charge in [-0.25, -0.2) is 18.0 Å². The molecule has 1 fully saturated rings. The summed E-state index contributed by atoms with van der Waals surface area (Å²) in [6.07, 6.45) is -7.19. The van der Waals surface area contributed by atoms with Crippen LogP contribution in [-0.2, 0) is 14.3 Å². The highest BCUT2D eigenvalue weighted by molar-refractivity contribution is 5.97. The number of ether oxygens (including phenoxy) is 3. The van der Waals surface area contributed by atoms with E-state index in [2.05, 4.69) is 10.6 Å². The SMILES string of the molecule is C[C@H](Oc1c(F)cccc1NC(=O)[C@@H](N)C(c1ccc(F)cc1)c1ccc(F)cc1)C1CN[C@H](COC(=O)NCC(F)(F)F)CO1. The van der Waals surface area contributed by atoms with E-state index in [0.29, 0.717) is 11.1 Å². The predicted octanol–water partition coefficient (Wildman–Crippen LogP) is 4.61. The molecule has 1 unspecified atom stereocenters. The first-order chi connectivity index (χ1) is 21.8. The van der Waals surface area contributed by atoms with Crippen molar-refractivity contribution < 1.29 is 50.1 Å². The summed E-state index contributed by atoms with van der Waals surface area (Å²) in [6, 6.07) is 12.8. The zero-order valence-electron chi connectivity index (χ0n) is 24.5. The highest BCUT2D eigenvalue weighted by Crippen LogP contribution is 2.32. The number of carbonyl (C=O) groups is 2. The Morgan fingerprint density at radius 2 is 1.61 bits per heavy atom. The summed E-state index contributed by atoms with van der Waals surface area (Å²) in [5.41, 5.74) is 7.36. The third-order valence-electron chi connectivity index (χ3n) is 7.14. The first kappa shape index (κ1) is 34.5. The van der Waals surface area contributed by atoms with Crippen molar-refractivity contribution in [3.8, 4) is 5.75 Å². The molecule has 4 rings (SSSR count). The summed E-state index contributed by atoms with van der Waals surface area (Å²) in [5.74, 6) is -3.60. The van der Waals surface area contributed by atoms with E-state index in [0.717, 1.165) is 6.07 Å². The van der Waals surface area contributed by atoms with Gasteiger partial charge in [0.15, 0.2) is 11.6 Å². The molecule has 4 atom stereocenters. The number of morpholine rings is 1. The molecule has 0 aliphatic carbocycles. The molecule has 0 saturated carbocycles. The standard InChI is InChI=1S/C31H32F6N4O5/c1-17(25-13-39-22(14-44-25)15-45-30(43)40-16-31(35,36)37)46-28-23(34)3-2-4-24(28)41-29(42)27(38)26(18-5-9-20(32)10-6-18)19-7-11-21(33)12-8-19/h2-12,17,22,25-27,39H,13-16,38H2,1H3,(H,40,43)(H,41,42)/t17-,22-,25?,27-/m0/s1. The van der Waals surface area contributed by atoms with Gasteiger partial charge in [0, 0.05) is 12.5 Å². The molecule has 15 heteroatoms. The van der Waals surface area contributed by atoms with Crippen molar-refractivity contribution in [2.45, 2.75) is 43.3 Å². The molecular formula is C31H32F6N4O5. The molecule has 0 radical (unpaired) electrons. The number of halogens is 6. The fourth-order valence-electron chi connectivity index (χ4n) is 4.75. The highest BCUT2D eigenvalue weighted by atomic mass is 19.4. The molecule has 3 aromatic rings. The van der Waals surface area contributed by atoms with Crippen LogP contribution in [0.25, 0.3) is 0 Å². The third kappa shape index (κ3) is 9.58. The van der Waals surface area contributed by atoms with Crippen LogP contribution in [0.5, 0.6) is 5.75 Å². The molecule has 1 heterocycles. The Kier molecular flexibility index (Phi) is 11.5. The summed E-state index contributed by atoms with van der Waals surface area (Å²) in [4.78, 5) is 24.9. The fraction of sp³-hybridized carbons (Fsp3) is 0.355. The van der Waals surface area contributed by atoms with Gasteiger partial charge in [0.1, 0.15) is 37.0 Å². The molecule has 1 saturated heterocycles. The predicted molar refractivity (Wildman–Crippen MR) is 155 cm³/mol. The molecule has 248 valence electrons. The molecule has 0 aromatic heterocycles. The van der Waals surface area contributed by atoms with E-state index in [1.807, 2.05) is 0 Å². The lowest BCUT2D eigenvalue weighted by molar-refractivity contribution is -0.124. The van der Waals surface area contributed by atoms with Gasteiger partial charge in [0.05, 0.1) is 24.4 Å². The molecule has 0 spiro atoms. The highest BCUT2D eigenvalue weighted by Gasteiger charge is 2.32. The number of hydrogen-bond donors (Lipinski definition) is 4. The molecule has 0 bridgehead atoms. The van der Waals surface area contributed by atoms with Crippen LogP contribution in [0.4, 0.5) is 36.8 Å². The van der Waals surface area contributed by atoms with Crippen molar-refractivity contribution in [2.75, 3.05) is 31.6 Å². The number of hydrogen-bond acceptors (Lipinski definition) is 7. The topological polar surface area (TPSA) is 124 Å². The Hall–Kier alpha value is -4.34. The minimum absolute atomic E-state index is 0.00873. The monoisotopic (exact) mass is 654 g/mol. The van der Waals surface area contributed by atoms with Crippen molar-refractivity contribution in [2.24, 2.45) is 5.73 Å². The van der Waals surface area contributed by atoms with E-state index in [1.165, 1.54) is 60.7 Å². The third-order valence-corrected chi connectivity index (χ3v) is 7.14. The van der Waals surface area contributed by atoms with Gasteiger partial charge in [-0.15, -0.1) is 0 Å². The second-order valence-corrected chi connectivity index (χ2v) is 10.6. The van der Waals surface area contributed by atoms with Crippen molar-refractivity contribution in [1.82, 2.24) is 10.6 Å². The number of nitrogens with one attached hydrogen (secondary N) is 3. The van der Waals surface area contributed by atoms with Crippen LogP contribution < -0.4 is 26.4 Å². The molecule has 3 aromatic carbocycles. The lowest BCUT2D eigenvalue weighted by Crippen LogP contribution is -2.53. The minimum Gasteiger partial charge on any atom is -0.483 e. The van der Waals surface area contributed by atoms with E-state index >= 15 is 4.39 Å². The maximum absolute atomic E-state index is 15.0. The second kappa shape index (κ2) is 15.3. The molecule has 1 aliphatic rings. The number of alkyl halides is 3. The van der Waals surface area contributed by atoms with Crippen molar-refractivity contribution in [3.05, 3.63) is 95.3 Å². The van der Waals surface area contributed by atoms with Gasteiger partial charge in [-0.1, -0.05) is 30.3 Å². The van der Waals surface area contributed by atoms with Gasteiger partial charge in [-0.2, -0.15) is 13.2 Å². The fourth-order valence-corrected chi connectivity index (χ4v) is 4.75. The number of anilines is 1. The van der Waals surface area contributed by atoms with Gasteiger partial charge >= 0.3 is 12.3 Å². The van der Waals surface area contributed by atoms with E-state index in [-0.39, 0.29) is 31.2 Å². The summed E-state index contributed by atoms with van der Waals surface area (Å²) < 4.78 is 95.4. The van der Waals surface area contributed by atoms with Gasteiger partial charge in [0.2, 0.25) is 5.91 Å². The smallest absolute Gasteiger partial charge is 0.407 e. The first-order valence-corrected chi connectivity index (χ1v) is 14.2. The number of nitrogens with two attached hydrogens (primary N) is 1. The summed E-state index contributed by atoms with van der Waals surface area (Å²) >= 11 is 0. The van der Waals surface area contributed by atoms with Crippen LogP contribution in [0.3, 0.4) is 0 Å². The molecule has 2 amide bonds. The van der Waals surface area contributed by atoms with Gasteiger partial charge < -0.3 is 35.9 Å². The number of rotatable bonds is 11. The van der Waals surface area contributed by atoms with Gasteiger partial charge in [-0.3, -0.25) is 4.79 Å². The van der Waals surface area contributed by atoms with Crippen LogP contribution in [0.15, 0.2) is 66.7 Å². The molecule has 1 aliphatic heterocycles. The second-order valence-electron chi connectivity index (χ2n) is 10.6. The Bertz CT molecular complexity index is 1420. The molecule has 46 heavy (non-hydrogen) atoms. The average Bonchev–Trinajstić information content (AvgIpc) is 3.02. The average molecular weight is 655 g/mol. The Morgan fingerprint density at radius 3 is 2.15 bits per heavy atom. The van der Waals surface area contributed by atoms with E-state index < -0.39 is 72.4 Å². The number of benzene rings is 3. The number of alkyl carbamates (subject to hydrolysis) is 1. The Labute approximate surface area is 260 Å². The van der Waals surface area contributed by atoms with Crippen molar-refractivity contribution >= 4 is 17.7 Å². The minimum atomic E-state index is -4.57. The van der Waals surface area contributed by atoms with Crippen LogP contribution in [0.1, 0.15) is 24.0 Å². The summed E-state index contributed by atoms with van der Waals surface area (Å²) in [6.45, 7) is -0.0000693. The number of amides is 2. The molecule has 9 nitrogen and oxygen atoms in total. The Morgan fingerprint density at radius 1 is 1.00 bits per heavy atom. The number of carbonyl (C=O) groups excluding carboxylic acids is 2. The van der Waals surface area contributed by atoms with E-state index in [1.54, 1.807) is 12.2 Å². The zero-order chi connectivity index (χ0) is 33.4. The zero-order valence-corrected chi connectivity index (χ0v) is 24.5. The van der Waals surface area contributed by atoms with Gasteiger partial charge in [0.25, 0.3) is 0 Å². The van der Waals surface area contributed by atoms with E-state index in [9.17, 15) is 31.5 Å². The summed E-state index contributed by atoms with van der Waals surface area (Å²) in [7, 11) is 0. The molecule has 5 N–H and O–H groups in total. The van der Waals surface area contributed by atoms with Crippen molar-refractivity contribution in [1.29, 1.82) is 0 Å². The van der Waals surface area contributed by atoms with Crippen LogP contribution in [-0.4, -0.2) is 68.8 Å². The Balaban J connectivity index is 1.39. The van der Waals surface area contributed by atoms with Crippen LogP contribution >= 0.6 is 0 Å². The normalized spacial score (nSPS) is 18.0. The van der Waals surface area contributed by atoms with Crippen LogP contribution in [0.2, 0.25) is 0 Å². The largest absolute Gasteiger partial charge is 0.483 e. The first-order valence-electron chi connectivity index (χ1n) is 14.2. The number of para-hydroxylation sites is 1. The maximum Gasteiger partial charge on any atom is 0.407 e. The lowest BCUT2D eigenvalue weighted by Gasteiger charge is -2.33. The quantitative estimate of drug-likeness (QED) is 0.223. The summed E-state index contributed by atoms with van der Waals surface area (Å²) in [5, 5.41) is 7.23. The van der Waals surface area contributed by atoms with Crippen molar-refractivity contribution in [3.63, 3.8) is 0 Å². The van der Waals surface area contributed by atoms with Crippen LogP contribution in [0, 0.1) is 17.5 Å². The van der Waals surface area contributed by atoms with E-state index in [4.69, 9.17) is 19.9 Å². The maximum atomic E-state index is 15.0.